The summed E-state index contributed by atoms with van der Waals surface area (Å²) in [6.07, 6.45) is 7.49. The molecule has 3 aromatic rings. The number of ether oxygens (including phenoxy) is 1. The number of carbonyl (C=O) groups is 2. The van der Waals surface area contributed by atoms with Crippen molar-refractivity contribution < 1.29 is 18.8 Å². The summed E-state index contributed by atoms with van der Waals surface area (Å²) >= 11 is 1.50. The number of aryl methyl sites for hydroxylation is 1. The summed E-state index contributed by atoms with van der Waals surface area (Å²) in [5.74, 6) is 1.03. The Morgan fingerprint density at radius 2 is 2.25 bits per heavy atom. The Kier molecular flexibility index (Phi) is 6.94. The highest BCUT2D eigenvalue weighted by molar-refractivity contribution is 7.17. The zero-order chi connectivity index (χ0) is 22.5. The van der Waals surface area contributed by atoms with Gasteiger partial charge < -0.3 is 14.6 Å². The molecule has 0 spiro atoms. The number of amides is 1. The number of rotatable bonds is 8. The van der Waals surface area contributed by atoms with Crippen molar-refractivity contribution in [1.29, 1.82) is 0 Å². The predicted octanol–water partition coefficient (Wildman–Crippen LogP) is 4.46. The van der Waals surface area contributed by atoms with Crippen molar-refractivity contribution in [3.8, 4) is 11.4 Å². The molecule has 1 aliphatic carbocycles. The third-order valence-corrected chi connectivity index (χ3v) is 6.60. The van der Waals surface area contributed by atoms with E-state index in [-0.39, 0.29) is 18.3 Å². The fraction of sp³-hybridized carbons (Fsp3) is 0.435. The average Bonchev–Trinajstić information content (AvgIpc) is 3.38. The van der Waals surface area contributed by atoms with E-state index in [2.05, 4.69) is 27.4 Å². The summed E-state index contributed by atoms with van der Waals surface area (Å²) in [6.45, 7) is 4.30. The topological polar surface area (TPSA) is 107 Å². The molecule has 168 valence electrons. The Balaban J connectivity index is 1.37. The first-order valence-corrected chi connectivity index (χ1v) is 11.7. The molecule has 3 heterocycles. The molecule has 0 saturated carbocycles. The van der Waals surface area contributed by atoms with Gasteiger partial charge in [0.1, 0.15) is 5.00 Å². The molecule has 32 heavy (non-hydrogen) atoms. The Morgan fingerprint density at radius 3 is 3.03 bits per heavy atom. The third kappa shape index (κ3) is 5.04. The number of nitrogens with one attached hydrogen (secondary N) is 1. The lowest BCUT2D eigenvalue weighted by molar-refractivity contribution is -0.116. The molecule has 1 unspecified atom stereocenters. The summed E-state index contributed by atoms with van der Waals surface area (Å²) < 4.78 is 10.5. The van der Waals surface area contributed by atoms with Crippen LogP contribution >= 0.6 is 11.3 Å². The van der Waals surface area contributed by atoms with Crippen LogP contribution in [0.15, 0.2) is 29.0 Å². The van der Waals surface area contributed by atoms with Crippen LogP contribution in [0.5, 0.6) is 0 Å². The minimum atomic E-state index is -0.358. The number of carbonyl (C=O) groups excluding carboxylic acids is 2. The second kappa shape index (κ2) is 10.0. The number of pyridine rings is 1. The van der Waals surface area contributed by atoms with E-state index < -0.39 is 0 Å². The number of hydrogen-bond acceptors (Lipinski definition) is 8. The highest BCUT2D eigenvalue weighted by Gasteiger charge is 2.29. The summed E-state index contributed by atoms with van der Waals surface area (Å²) in [4.78, 5) is 34.8. The molecular weight excluding hydrogens is 428 g/mol. The Morgan fingerprint density at radius 1 is 1.38 bits per heavy atom. The van der Waals surface area contributed by atoms with Gasteiger partial charge in [-0.2, -0.15) is 4.98 Å². The highest BCUT2D eigenvalue weighted by Crippen LogP contribution is 2.40. The van der Waals surface area contributed by atoms with Gasteiger partial charge in [0.2, 0.25) is 17.6 Å². The van der Waals surface area contributed by atoms with Crippen LogP contribution in [0.3, 0.4) is 0 Å². The summed E-state index contributed by atoms with van der Waals surface area (Å²) in [5.41, 5.74) is 2.35. The molecule has 0 radical (unpaired) electrons. The lowest BCUT2D eigenvalue weighted by Gasteiger charge is -2.18. The maximum absolute atomic E-state index is 12.6. The second-order valence-electron chi connectivity index (χ2n) is 7.93. The summed E-state index contributed by atoms with van der Waals surface area (Å²) in [5, 5.41) is 7.51. The van der Waals surface area contributed by atoms with Crippen molar-refractivity contribution in [2.24, 2.45) is 5.92 Å². The van der Waals surface area contributed by atoms with Crippen LogP contribution in [-0.4, -0.2) is 33.6 Å². The van der Waals surface area contributed by atoms with E-state index in [4.69, 9.17) is 9.26 Å². The van der Waals surface area contributed by atoms with Gasteiger partial charge in [0, 0.05) is 35.7 Å². The largest absolute Gasteiger partial charge is 0.462 e. The summed E-state index contributed by atoms with van der Waals surface area (Å²) in [7, 11) is 0. The fourth-order valence-corrected chi connectivity index (χ4v) is 5.23. The number of anilines is 1. The molecule has 3 aromatic heterocycles. The molecule has 1 N–H and O–H groups in total. The van der Waals surface area contributed by atoms with E-state index >= 15 is 0 Å². The van der Waals surface area contributed by atoms with Crippen molar-refractivity contribution in [2.75, 3.05) is 11.9 Å². The molecule has 9 heteroatoms. The van der Waals surface area contributed by atoms with E-state index in [1.807, 2.05) is 12.1 Å². The zero-order valence-corrected chi connectivity index (χ0v) is 19.0. The standard InChI is InChI=1S/C23H26N4O4S/c1-3-30-23(29)20-16-10-9-14(2)12-17(16)32-22(20)25-18(28)7-4-8-19-26-21(27-31-19)15-6-5-11-24-13-15/h5-6,11,13-14H,3-4,7-10,12H2,1-2H3,(H,25,28). The van der Waals surface area contributed by atoms with Crippen LogP contribution in [0.2, 0.25) is 0 Å². The number of esters is 1. The first kappa shape index (κ1) is 22.1. The minimum Gasteiger partial charge on any atom is -0.462 e. The van der Waals surface area contributed by atoms with Gasteiger partial charge in [-0.25, -0.2) is 4.79 Å². The molecule has 1 amide bonds. The van der Waals surface area contributed by atoms with E-state index in [1.165, 1.54) is 16.2 Å². The first-order valence-electron chi connectivity index (χ1n) is 10.9. The Labute approximate surface area is 190 Å². The van der Waals surface area contributed by atoms with Crippen LogP contribution in [0.1, 0.15) is 59.8 Å². The van der Waals surface area contributed by atoms with Gasteiger partial charge in [0.05, 0.1) is 12.2 Å². The van der Waals surface area contributed by atoms with Crippen LogP contribution in [0.25, 0.3) is 11.4 Å². The quantitative estimate of drug-likeness (QED) is 0.501. The molecule has 0 aromatic carbocycles. The van der Waals surface area contributed by atoms with Gasteiger partial charge in [-0.3, -0.25) is 9.78 Å². The molecule has 0 fully saturated rings. The maximum Gasteiger partial charge on any atom is 0.341 e. The number of thiophene rings is 1. The molecule has 0 saturated heterocycles. The first-order chi connectivity index (χ1) is 15.5. The smallest absolute Gasteiger partial charge is 0.341 e. The highest BCUT2D eigenvalue weighted by atomic mass is 32.1. The van der Waals surface area contributed by atoms with Crippen molar-refractivity contribution >= 4 is 28.2 Å². The third-order valence-electron chi connectivity index (χ3n) is 5.43. The number of fused-ring (bicyclic) bond motifs is 1. The van der Waals surface area contributed by atoms with E-state index in [1.54, 1.807) is 19.3 Å². The monoisotopic (exact) mass is 454 g/mol. The van der Waals surface area contributed by atoms with Crippen molar-refractivity contribution in [1.82, 2.24) is 15.1 Å². The van der Waals surface area contributed by atoms with E-state index in [9.17, 15) is 9.59 Å². The van der Waals surface area contributed by atoms with E-state index in [0.29, 0.717) is 47.6 Å². The van der Waals surface area contributed by atoms with Crippen LogP contribution in [0.4, 0.5) is 5.00 Å². The molecule has 4 rings (SSSR count). The zero-order valence-electron chi connectivity index (χ0n) is 18.2. The minimum absolute atomic E-state index is 0.144. The van der Waals surface area contributed by atoms with Crippen molar-refractivity contribution in [3.05, 3.63) is 46.4 Å². The second-order valence-corrected chi connectivity index (χ2v) is 9.04. The van der Waals surface area contributed by atoms with E-state index in [0.717, 1.165) is 30.4 Å². The van der Waals surface area contributed by atoms with Crippen LogP contribution in [0, 0.1) is 5.92 Å². The van der Waals surface area contributed by atoms with Crippen LogP contribution < -0.4 is 5.32 Å². The molecule has 0 aliphatic heterocycles. The van der Waals surface area contributed by atoms with Crippen molar-refractivity contribution in [2.45, 2.75) is 52.4 Å². The van der Waals surface area contributed by atoms with Gasteiger partial charge in [-0.1, -0.05) is 12.1 Å². The normalized spacial score (nSPS) is 15.2. The molecular formula is C23H26N4O4S. The SMILES string of the molecule is CCOC(=O)c1c(NC(=O)CCCc2nc(-c3cccnc3)no2)sc2c1CCC(C)C2. The summed E-state index contributed by atoms with van der Waals surface area (Å²) in [6, 6.07) is 3.67. The fourth-order valence-electron chi connectivity index (χ4n) is 3.82. The number of hydrogen-bond donors (Lipinski definition) is 1. The molecule has 0 bridgehead atoms. The van der Waals surface area contributed by atoms with Gasteiger partial charge in [0.15, 0.2) is 0 Å². The molecule has 8 nitrogen and oxygen atoms in total. The Hall–Kier alpha value is -3.07. The number of nitrogens with zero attached hydrogens (tertiary/aromatic N) is 3. The van der Waals surface area contributed by atoms with Gasteiger partial charge in [0.25, 0.3) is 0 Å². The maximum atomic E-state index is 12.6. The van der Waals surface area contributed by atoms with Gasteiger partial charge >= 0.3 is 5.97 Å². The number of aromatic nitrogens is 3. The van der Waals surface area contributed by atoms with Crippen LogP contribution in [-0.2, 0) is 28.8 Å². The van der Waals surface area contributed by atoms with Gasteiger partial charge in [-0.15, -0.1) is 11.3 Å². The molecule has 1 atom stereocenters. The molecule has 1 aliphatic rings. The Bertz CT molecular complexity index is 1090. The predicted molar refractivity (Wildman–Crippen MR) is 121 cm³/mol. The lowest BCUT2D eigenvalue weighted by Crippen LogP contribution is -2.16. The lowest BCUT2D eigenvalue weighted by atomic mass is 9.88. The van der Waals surface area contributed by atoms with Gasteiger partial charge in [-0.05, 0) is 56.2 Å². The average molecular weight is 455 g/mol. The van der Waals surface area contributed by atoms with Crippen molar-refractivity contribution in [3.63, 3.8) is 0 Å².